The van der Waals surface area contributed by atoms with Crippen molar-refractivity contribution in [3.05, 3.63) is 34.2 Å². The molecule has 0 aliphatic rings. The number of nitrogen functional groups attached to an aromatic ring is 1. The predicted molar refractivity (Wildman–Crippen MR) is 59.5 cm³/mol. The zero-order chi connectivity index (χ0) is 10.1. The van der Waals surface area contributed by atoms with Crippen LogP contribution in [-0.4, -0.2) is 9.78 Å². The lowest BCUT2D eigenvalue weighted by Crippen LogP contribution is -2.10. The molecule has 0 aliphatic carbocycles. The second-order valence-electron chi connectivity index (χ2n) is 3.39. The lowest BCUT2D eigenvalue weighted by molar-refractivity contribution is 0.574. The minimum absolute atomic E-state index is 0.218. The lowest BCUT2D eigenvalue weighted by Gasteiger charge is -2.12. The average Bonchev–Trinajstić information content (AvgIpc) is 2.77. The van der Waals surface area contributed by atoms with E-state index in [9.17, 15) is 0 Å². The molecule has 2 aromatic rings. The van der Waals surface area contributed by atoms with Crippen molar-refractivity contribution in [1.82, 2.24) is 9.78 Å². The SMILES string of the molecule is Cc1cnn(C(C)c2ccsc2)c1N. The summed E-state index contributed by atoms with van der Waals surface area (Å²) in [6, 6.07) is 2.32. The van der Waals surface area contributed by atoms with E-state index in [2.05, 4.69) is 28.8 Å². The van der Waals surface area contributed by atoms with Gasteiger partial charge >= 0.3 is 0 Å². The fraction of sp³-hybridized carbons (Fsp3) is 0.300. The number of hydrogen-bond acceptors (Lipinski definition) is 3. The van der Waals surface area contributed by atoms with Gasteiger partial charge in [-0.1, -0.05) is 0 Å². The van der Waals surface area contributed by atoms with Crippen LogP contribution in [0.2, 0.25) is 0 Å². The van der Waals surface area contributed by atoms with E-state index >= 15 is 0 Å². The second kappa shape index (κ2) is 3.46. The van der Waals surface area contributed by atoms with Crippen LogP contribution in [0.5, 0.6) is 0 Å². The van der Waals surface area contributed by atoms with Crippen LogP contribution in [0.15, 0.2) is 23.0 Å². The number of nitrogens with zero attached hydrogens (tertiary/aromatic N) is 2. The molecule has 1 atom stereocenters. The molecule has 4 heteroatoms. The van der Waals surface area contributed by atoms with Crippen molar-refractivity contribution in [2.45, 2.75) is 19.9 Å². The molecule has 74 valence electrons. The normalized spacial score (nSPS) is 13.0. The van der Waals surface area contributed by atoms with Gasteiger partial charge in [0.15, 0.2) is 0 Å². The summed E-state index contributed by atoms with van der Waals surface area (Å²) in [4.78, 5) is 0. The molecule has 0 bridgehead atoms. The van der Waals surface area contributed by atoms with Gasteiger partial charge in [0.1, 0.15) is 5.82 Å². The Morgan fingerprint density at radius 1 is 1.57 bits per heavy atom. The topological polar surface area (TPSA) is 43.8 Å². The van der Waals surface area contributed by atoms with Gasteiger partial charge in [-0.25, -0.2) is 4.68 Å². The first-order chi connectivity index (χ1) is 6.70. The van der Waals surface area contributed by atoms with E-state index in [0.717, 1.165) is 11.4 Å². The molecule has 0 spiro atoms. The zero-order valence-corrected chi connectivity index (χ0v) is 9.08. The third kappa shape index (κ3) is 1.42. The quantitative estimate of drug-likeness (QED) is 0.822. The largest absolute Gasteiger partial charge is 0.384 e. The number of hydrogen-bond donors (Lipinski definition) is 1. The van der Waals surface area contributed by atoms with Gasteiger partial charge < -0.3 is 5.73 Å². The van der Waals surface area contributed by atoms with Crippen LogP contribution in [0.4, 0.5) is 5.82 Å². The van der Waals surface area contributed by atoms with Crippen LogP contribution in [0, 0.1) is 6.92 Å². The van der Waals surface area contributed by atoms with Crippen molar-refractivity contribution in [3.63, 3.8) is 0 Å². The van der Waals surface area contributed by atoms with Crippen molar-refractivity contribution >= 4 is 17.2 Å². The predicted octanol–water partition coefficient (Wildman–Crippen LogP) is 2.44. The van der Waals surface area contributed by atoms with Crippen LogP contribution in [0.25, 0.3) is 0 Å². The molecule has 0 saturated carbocycles. The molecule has 0 radical (unpaired) electrons. The van der Waals surface area contributed by atoms with Gasteiger partial charge in [0, 0.05) is 5.56 Å². The van der Waals surface area contributed by atoms with Crippen LogP contribution in [0.3, 0.4) is 0 Å². The van der Waals surface area contributed by atoms with Gasteiger partial charge in [-0.2, -0.15) is 16.4 Å². The number of rotatable bonds is 2. The van der Waals surface area contributed by atoms with Gasteiger partial charge in [0.2, 0.25) is 0 Å². The van der Waals surface area contributed by atoms with Gasteiger partial charge in [-0.15, -0.1) is 0 Å². The monoisotopic (exact) mass is 207 g/mol. The highest BCUT2D eigenvalue weighted by Crippen LogP contribution is 2.23. The van der Waals surface area contributed by atoms with Crippen LogP contribution < -0.4 is 5.73 Å². The standard InChI is InChI=1S/C10H13N3S/c1-7-5-12-13(10(7)11)8(2)9-3-4-14-6-9/h3-6,8H,11H2,1-2H3. The molecule has 0 aliphatic heterocycles. The van der Waals surface area contributed by atoms with E-state index < -0.39 is 0 Å². The highest BCUT2D eigenvalue weighted by atomic mass is 32.1. The number of nitrogens with two attached hydrogens (primary N) is 1. The van der Waals surface area contributed by atoms with Gasteiger partial charge in [-0.05, 0) is 36.2 Å². The lowest BCUT2D eigenvalue weighted by atomic mass is 10.2. The van der Waals surface area contributed by atoms with Crippen LogP contribution in [0.1, 0.15) is 24.1 Å². The first-order valence-electron chi connectivity index (χ1n) is 4.52. The third-order valence-electron chi connectivity index (χ3n) is 2.42. The first kappa shape index (κ1) is 9.27. The molecule has 2 N–H and O–H groups in total. The van der Waals surface area contributed by atoms with E-state index in [-0.39, 0.29) is 6.04 Å². The Kier molecular flexibility index (Phi) is 2.29. The number of aromatic nitrogens is 2. The minimum Gasteiger partial charge on any atom is -0.384 e. The van der Waals surface area contributed by atoms with Crippen molar-refractivity contribution in [2.24, 2.45) is 0 Å². The van der Waals surface area contributed by atoms with E-state index in [1.165, 1.54) is 5.56 Å². The molecule has 2 rings (SSSR count). The van der Waals surface area contributed by atoms with Crippen LogP contribution >= 0.6 is 11.3 Å². The van der Waals surface area contributed by atoms with Crippen molar-refractivity contribution in [1.29, 1.82) is 0 Å². The van der Waals surface area contributed by atoms with Crippen LogP contribution in [-0.2, 0) is 0 Å². The molecule has 0 fully saturated rings. The summed E-state index contributed by atoms with van der Waals surface area (Å²) in [5.41, 5.74) is 8.20. The maximum Gasteiger partial charge on any atom is 0.125 e. The average molecular weight is 207 g/mol. The number of thiophene rings is 1. The summed E-state index contributed by atoms with van der Waals surface area (Å²) in [5, 5.41) is 8.46. The maximum absolute atomic E-state index is 5.91. The molecular formula is C10H13N3S. The Morgan fingerprint density at radius 3 is 2.86 bits per heavy atom. The number of aryl methyl sites for hydroxylation is 1. The molecule has 0 amide bonds. The first-order valence-corrected chi connectivity index (χ1v) is 5.46. The minimum atomic E-state index is 0.218. The molecule has 2 aromatic heterocycles. The highest BCUT2D eigenvalue weighted by Gasteiger charge is 2.12. The van der Waals surface area contributed by atoms with Crippen molar-refractivity contribution in [2.75, 3.05) is 5.73 Å². The van der Waals surface area contributed by atoms with E-state index in [4.69, 9.17) is 5.73 Å². The van der Waals surface area contributed by atoms with E-state index in [1.54, 1.807) is 17.5 Å². The molecule has 0 aromatic carbocycles. The van der Waals surface area contributed by atoms with Gasteiger partial charge in [0.25, 0.3) is 0 Å². The molecule has 14 heavy (non-hydrogen) atoms. The maximum atomic E-state index is 5.91. The molecule has 3 nitrogen and oxygen atoms in total. The fourth-order valence-electron chi connectivity index (χ4n) is 1.42. The van der Waals surface area contributed by atoms with Gasteiger partial charge in [-0.3, -0.25) is 0 Å². The Balaban J connectivity index is 2.36. The molecular weight excluding hydrogens is 194 g/mol. The van der Waals surface area contributed by atoms with E-state index in [1.807, 2.05) is 11.6 Å². The van der Waals surface area contributed by atoms with Crippen molar-refractivity contribution < 1.29 is 0 Å². The Morgan fingerprint density at radius 2 is 2.36 bits per heavy atom. The molecule has 2 heterocycles. The van der Waals surface area contributed by atoms with Gasteiger partial charge in [0.05, 0.1) is 12.2 Å². The summed E-state index contributed by atoms with van der Waals surface area (Å²) >= 11 is 1.69. The highest BCUT2D eigenvalue weighted by molar-refractivity contribution is 7.07. The van der Waals surface area contributed by atoms with Crippen molar-refractivity contribution in [3.8, 4) is 0 Å². The summed E-state index contributed by atoms with van der Waals surface area (Å²) in [7, 11) is 0. The van der Waals surface area contributed by atoms with E-state index in [0.29, 0.717) is 0 Å². The summed E-state index contributed by atoms with van der Waals surface area (Å²) in [6.07, 6.45) is 1.80. The summed E-state index contributed by atoms with van der Waals surface area (Å²) < 4.78 is 1.86. The fourth-order valence-corrected chi connectivity index (χ4v) is 2.17. The second-order valence-corrected chi connectivity index (χ2v) is 4.17. The molecule has 1 unspecified atom stereocenters. The third-order valence-corrected chi connectivity index (χ3v) is 3.12. The molecule has 0 saturated heterocycles. The summed E-state index contributed by atoms with van der Waals surface area (Å²) in [6.45, 7) is 4.07. The smallest absolute Gasteiger partial charge is 0.125 e. The Bertz CT molecular complexity index is 417. The Labute approximate surface area is 87.2 Å². The number of anilines is 1. The zero-order valence-electron chi connectivity index (χ0n) is 8.27. The summed E-state index contributed by atoms with van der Waals surface area (Å²) in [5.74, 6) is 0.753. The Hall–Kier alpha value is -1.29.